The minimum atomic E-state index is 0.0998. The van der Waals surface area contributed by atoms with Gasteiger partial charge in [0.05, 0.1) is 12.9 Å². The number of rotatable bonds is 6. The zero-order chi connectivity index (χ0) is 12.8. The van der Waals surface area contributed by atoms with E-state index < -0.39 is 0 Å². The predicted octanol–water partition coefficient (Wildman–Crippen LogP) is 2.49. The van der Waals surface area contributed by atoms with Crippen molar-refractivity contribution in [2.24, 2.45) is 0 Å². The van der Waals surface area contributed by atoms with E-state index in [9.17, 15) is 0 Å². The first-order valence-electron chi connectivity index (χ1n) is 6.22. The van der Waals surface area contributed by atoms with Crippen LogP contribution < -0.4 is 5.32 Å². The molecule has 96 valence electrons. The SMILES string of the molecule is CC(Cc1ccco1)NCc1ccc(CO)cc1. The van der Waals surface area contributed by atoms with Crippen molar-refractivity contribution in [3.63, 3.8) is 0 Å². The normalized spacial score (nSPS) is 12.6. The molecule has 1 aromatic carbocycles. The zero-order valence-electron chi connectivity index (χ0n) is 10.6. The van der Waals surface area contributed by atoms with E-state index in [1.807, 2.05) is 36.4 Å². The molecule has 0 saturated heterocycles. The smallest absolute Gasteiger partial charge is 0.105 e. The Morgan fingerprint density at radius 3 is 2.50 bits per heavy atom. The Morgan fingerprint density at radius 1 is 1.17 bits per heavy atom. The predicted molar refractivity (Wildman–Crippen MR) is 71.1 cm³/mol. The molecular weight excluding hydrogens is 226 g/mol. The highest BCUT2D eigenvalue weighted by Crippen LogP contribution is 2.07. The highest BCUT2D eigenvalue weighted by Gasteiger charge is 2.05. The summed E-state index contributed by atoms with van der Waals surface area (Å²) in [5.74, 6) is 1.01. The molecule has 0 saturated carbocycles. The van der Waals surface area contributed by atoms with Crippen LogP contribution in [0.3, 0.4) is 0 Å². The summed E-state index contributed by atoms with van der Waals surface area (Å²) < 4.78 is 5.32. The first kappa shape index (κ1) is 12.9. The summed E-state index contributed by atoms with van der Waals surface area (Å²) in [6.07, 6.45) is 2.59. The fourth-order valence-electron chi connectivity index (χ4n) is 1.86. The third kappa shape index (κ3) is 3.72. The van der Waals surface area contributed by atoms with E-state index in [1.54, 1.807) is 6.26 Å². The van der Waals surface area contributed by atoms with Gasteiger partial charge in [-0.3, -0.25) is 0 Å². The van der Waals surface area contributed by atoms with Crippen LogP contribution in [-0.4, -0.2) is 11.1 Å². The van der Waals surface area contributed by atoms with Crippen molar-refractivity contribution >= 4 is 0 Å². The number of hydrogen-bond donors (Lipinski definition) is 2. The van der Waals surface area contributed by atoms with Gasteiger partial charge in [-0.15, -0.1) is 0 Å². The maximum Gasteiger partial charge on any atom is 0.105 e. The van der Waals surface area contributed by atoms with Gasteiger partial charge in [-0.2, -0.15) is 0 Å². The van der Waals surface area contributed by atoms with Crippen LogP contribution in [0.25, 0.3) is 0 Å². The van der Waals surface area contributed by atoms with Crippen LogP contribution in [-0.2, 0) is 19.6 Å². The van der Waals surface area contributed by atoms with Crippen LogP contribution in [0.1, 0.15) is 23.8 Å². The first-order chi connectivity index (χ1) is 8.78. The van der Waals surface area contributed by atoms with Gasteiger partial charge in [0.2, 0.25) is 0 Å². The second-order valence-electron chi connectivity index (χ2n) is 4.54. The molecule has 3 nitrogen and oxygen atoms in total. The molecule has 0 fully saturated rings. The summed E-state index contributed by atoms with van der Waals surface area (Å²) >= 11 is 0. The van der Waals surface area contributed by atoms with Gasteiger partial charge in [0.15, 0.2) is 0 Å². The van der Waals surface area contributed by atoms with Crippen molar-refractivity contribution in [3.05, 3.63) is 59.5 Å². The number of benzene rings is 1. The molecule has 1 unspecified atom stereocenters. The van der Waals surface area contributed by atoms with E-state index >= 15 is 0 Å². The number of hydrogen-bond acceptors (Lipinski definition) is 3. The van der Waals surface area contributed by atoms with E-state index in [-0.39, 0.29) is 6.61 Å². The van der Waals surface area contributed by atoms with E-state index in [0.717, 1.165) is 24.3 Å². The van der Waals surface area contributed by atoms with Crippen molar-refractivity contribution in [3.8, 4) is 0 Å². The lowest BCUT2D eigenvalue weighted by atomic mass is 10.1. The number of nitrogens with one attached hydrogen (secondary N) is 1. The second kappa shape index (κ2) is 6.38. The standard InChI is InChI=1S/C15H19NO2/c1-12(9-15-3-2-8-18-15)16-10-13-4-6-14(11-17)7-5-13/h2-8,12,16-17H,9-11H2,1H3. The molecule has 0 amide bonds. The molecule has 18 heavy (non-hydrogen) atoms. The Bertz CT molecular complexity index is 448. The summed E-state index contributed by atoms with van der Waals surface area (Å²) in [5.41, 5.74) is 2.17. The average molecular weight is 245 g/mol. The molecule has 0 aliphatic rings. The Morgan fingerprint density at radius 2 is 1.89 bits per heavy atom. The van der Waals surface area contributed by atoms with Crippen molar-refractivity contribution in [1.29, 1.82) is 0 Å². The maximum absolute atomic E-state index is 8.96. The number of aliphatic hydroxyl groups excluding tert-OH is 1. The lowest BCUT2D eigenvalue weighted by Gasteiger charge is -2.12. The molecule has 0 bridgehead atoms. The quantitative estimate of drug-likeness (QED) is 0.822. The average Bonchev–Trinajstić information content (AvgIpc) is 2.90. The van der Waals surface area contributed by atoms with E-state index in [0.29, 0.717) is 6.04 Å². The Kier molecular flexibility index (Phi) is 4.56. The molecule has 2 aromatic rings. The summed E-state index contributed by atoms with van der Waals surface area (Å²) in [5, 5.41) is 12.4. The van der Waals surface area contributed by atoms with E-state index in [1.165, 1.54) is 5.56 Å². The van der Waals surface area contributed by atoms with Crippen LogP contribution in [0.5, 0.6) is 0 Å². The fraction of sp³-hybridized carbons (Fsp3) is 0.333. The molecular formula is C15H19NO2. The largest absolute Gasteiger partial charge is 0.469 e. The Balaban J connectivity index is 1.79. The van der Waals surface area contributed by atoms with Crippen molar-refractivity contribution in [1.82, 2.24) is 5.32 Å². The van der Waals surface area contributed by atoms with Gasteiger partial charge in [-0.05, 0) is 30.2 Å². The molecule has 0 spiro atoms. The van der Waals surface area contributed by atoms with Crippen LogP contribution in [0, 0.1) is 0 Å². The molecule has 0 aliphatic carbocycles. The summed E-state index contributed by atoms with van der Waals surface area (Å²) in [4.78, 5) is 0. The third-order valence-electron chi connectivity index (χ3n) is 2.95. The highest BCUT2D eigenvalue weighted by atomic mass is 16.3. The summed E-state index contributed by atoms with van der Waals surface area (Å²) in [6, 6.07) is 12.3. The maximum atomic E-state index is 8.96. The van der Waals surface area contributed by atoms with E-state index in [2.05, 4.69) is 12.2 Å². The molecule has 0 aliphatic heterocycles. The van der Waals surface area contributed by atoms with Crippen LogP contribution in [0.2, 0.25) is 0 Å². The molecule has 3 heteroatoms. The van der Waals surface area contributed by atoms with Gasteiger partial charge in [-0.1, -0.05) is 24.3 Å². The van der Waals surface area contributed by atoms with Crippen LogP contribution in [0.4, 0.5) is 0 Å². The Hall–Kier alpha value is -1.58. The second-order valence-corrected chi connectivity index (χ2v) is 4.54. The molecule has 0 radical (unpaired) electrons. The summed E-state index contributed by atoms with van der Waals surface area (Å²) in [6.45, 7) is 3.07. The minimum absolute atomic E-state index is 0.0998. The molecule has 1 aromatic heterocycles. The van der Waals surface area contributed by atoms with Gasteiger partial charge in [0, 0.05) is 19.0 Å². The lowest BCUT2D eigenvalue weighted by Crippen LogP contribution is -2.27. The van der Waals surface area contributed by atoms with Crippen molar-refractivity contribution < 1.29 is 9.52 Å². The Labute approximate surface area is 107 Å². The highest BCUT2D eigenvalue weighted by molar-refractivity contribution is 5.21. The third-order valence-corrected chi connectivity index (χ3v) is 2.95. The first-order valence-corrected chi connectivity index (χ1v) is 6.22. The zero-order valence-corrected chi connectivity index (χ0v) is 10.6. The molecule has 1 atom stereocenters. The van der Waals surface area contributed by atoms with Gasteiger partial charge in [0.1, 0.15) is 5.76 Å². The number of furan rings is 1. The molecule has 1 heterocycles. The fourth-order valence-corrected chi connectivity index (χ4v) is 1.86. The topological polar surface area (TPSA) is 45.4 Å². The monoisotopic (exact) mass is 245 g/mol. The lowest BCUT2D eigenvalue weighted by molar-refractivity contribution is 0.282. The van der Waals surface area contributed by atoms with Crippen molar-refractivity contribution in [2.45, 2.75) is 32.5 Å². The van der Waals surface area contributed by atoms with Crippen LogP contribution in [0.15, 0.2) is 47.1 Å². The van der Waals surface area contributed by atoms with E-state index in [4.69, 9.17) is 9.52 Å². The number of aliphatic hydroxyl groups is 1. The van der Waals surface area contributed by atoms with Gasteiger partial charge in [-0.25, -0.2) is 0 Å². The summed E-state index contributed by atoms with van der Waals surface area (Å²) in [7, 11) is 0. The van der Waals surface area contributed by atoms with Crippen LogP contribution >= 0.6 is 0 Å². The molecule has 2 N–H and O–H groups in total. The minimum Gasteiger partial charge on any atom is -0.469 e. The molecule has 2 rings (SSSR count). The van der Waals surface area contributed by atoms with Gasteiger partial charge < -0.3 is 14.8 Å². The van der Waals surface area contributed by atoms with Gasteiger partial charge in [0.25, 0.3) is 0 Å². The van der Waals surface area contributed by atoms with Gasteiger partial charge >= 0.3 is 0 Å². The van der Waals surface area contributed by atoms with Crippen molar-refractivity contribution in [2.75, 3.05) is 0 Å².